The van der Waals surface area contributed by atoms with E-state index in [1.54, 1.807) is 41.6 Å². The quantitative estimate of drug-likeness (QED) is 0.532. The number of methoxy groups -OCH3 is 1. The van der Waals surface area contributed by atoms with Crippen molar-refractivity contribution in [2.75, 3.05) is 41.7 Å². The van der Waals surface area contributed by atoms with Gasteiger partial charge in [0.05, 0.1) is 22.3 Å². The number of fused-ring (bicyclic) bond motifs is 3. The van der Waals surface area contributed by atoms with Gasteiger partial charge in [-0.15, -0.1) is 11.8 Å². The number of aryl methyl sites for hydroxylation is 1. The van der Waals surface area contributed by atoms with Crippen LogP contribution in [-0.2, 0) is 11.8 Å². The molecular weight excluding hydrogens is 436 g/mol. The van der Waals surface area contributed by atoms with Crippen molar-refractivity contribution in [3.05, 3.63) is 52.6 Å². The van der Waals surface area contributed by atoms with E-state index in [9.17, 15) is 4.79 Å². The summed E-state index contributed by atoms with van der Waals surface area (Å²) in [5, 5.41) is 8.07. The molecule has 0 saturated carbocycles. The summed E-state index contributed by atoms with van der Waals surface area (Å²) < 4.78 is 6.85. The second-order valence-electron chi connectivity index (χ2n) is 6.99. The Morgan fingerprint density at radius 1 is 1.48 bits per heavy atom. The first-order valence-corrected chi connectivity index (χ1v) is 11.1. The van der Waals surface area contributed by atoms with Gasteiger partial charge in [0, 0.05) is 38.0 Å². The summed E-state index contributed by atoms with van der Waals surface area (Å²) in [7, 11) is 3.39. The predicted octanol–water partition coefficient (Wildman–Crippen LogP) is 4.19. The van der Waals surface area contributed by atoms with E-state index >= 15 is 0 Å². The van der Waals surface area contributed by atoms with Crippen molar-refractivity contribution >= 4 is 57.4 Å². The van der Waals surface area contributed by atoms with Crippen LogP contribution in [0.3, 0.4) is 0 Å². The first-order valence-electron chi connectivity index (χ1n) is 9.74. The van der Waals surface area contributed by atoms with Crippen LogP contribution in [0.25, 0.3) is 10.9 Å². The molecule has 1 aliphatic heterocycles. The number of thioether (sulfide) groups is 1. The third-order valence-corrected chi connectivity index (χ3v) is 6.40. The molecule has 0 unspecified atom stereocenters. The molecule has 162 valence electrons. The topological polar surface area (TPSA) is 84.3 Å². The van der Waals surface area contributed by atoms with Gasteiger partial charge < -0.3 is 19.9 Å². The zero-order valence-electron chi connectivity index (χ0n) is 17.3. The Morgan fingerprint density at radius 2 is 2.32 bits per heavy atom. The normalized spacial score (nSPS) is 13.3. The maximum atomic E-state index is 12.8. The lowest BCUT2D eigenvalue weighted by molar-refractivity contribution is 0.204. The molecule has 0 spiro atoms. The lowest BCUT2D eigenvalue weighted by Gasteiger charge is -2.18. The van der Waals surface area contributed by atoms with E-state index in [0.29, 0.717) is 16.8 Å². The highest BCUT2D eigenvalue weighted by Crippen LogP contribution is 2.35. The number of pyridine rings is 1. The van der Waals surface area contributed by atoms with E-state index in [4.69, 9.17) is 16.3 Å². The van der Waals surface area contributed by atoms with Gasteiger partial charge in [0.1, 0.15) is 11.8 Å². The van der Waals surface area contributed by atoms with Crippen molar-refractivity contribution in [2.45, 2.75) is 11.3 Å². The fourth-order valence-corrected chi connectivity index (χ4v) is 4.64. The summed E-state index contributed by atoms with van der Waals surface area (Å²) in [5.41, 5.74) is 2.56. The van der Waals surface area contributed by atoms with Crippen LogP contribution >= 0.6 is 23.4 Å². The zero-order valence-corrected chi connectivity index (χ0v) is 18.9. The minimum atomic E-state index is 0.0220. The molecule has 0 fully saturated rings. The van der Waals surface area contributed by atoms with E-state index in [0.717, 1.165) is 45.9 Å². The van der Waals surface area contributed by atoms with Crippen LogP contribution in [-0.4, -0.2) is 40.7 Å². The third-order valence-electron chi connectivity index (χ3n) is 4.96. The van der Waals surface area contributed by atoms with Crippen molar-refractivity contribution in [1.29, 1.82) is 0 Å². The van der Waals surface area contributed by atoms with Crippen molar-refractivity contribution in [2.24, 2.45) is 7.05 Å². The van der Waals surface area contributed by atoms with Crippen molar-refractivity contribution in [1.82, 2.24) is 14.5 Å². The lowest BCUT2D eigenvalue weighted by Crippen LogP contribution is -2.21. The Morgan fingerprint density at radius 3 is 3.10 bits per heavy atom. The minimum Gasteiger partial charge on any atom is -0.383 e. The number of ether oxygens (including phenoxy) is 1. The van der Waals surface area contributed by atoms with E-state index in [2.05, 4.69) is 27.2 Å². The smallest absolute Gasteiger partial charge is 0.266 e. The number of anilines is 4. The van der Waals surface area contributed by atoms with Crippen LogP contribution in [0.4, 0.5) is 23.1 Å². The third kappa shape index (κ3) is 4.21. The number of benzene rings is 1. The number of nitrogens with zero attached hydrogens (tertiary/aromatic N) is 4. The van der Waals surface area contributed by atoms with E-state index in [-0.39, 0.29) is 12.3 Å². The number of hydrogen-bond acceptors (Lipinski definition) is 8. The molecule has 3 heterocycles. The standard InChI is InChI=1S/C21H23ClN6O2S/c1-4-28(12-30-3)21-24-11-15(22)19(26-21)25-13-6-7-16-14(10-13)17-18(20(29)27(16)2)31-9-5-8-23-17/h4,6-7,10-11,23H,1,5,8-9,12H2,2-3H3,(H,24,25,26). The molecule has 0 radical (unpaired) electrons. The number of halogens is 1. The summed E-state index contributed by atoms with van der Waals surface area (Å²) in [5.74, 6) is 1.80. The summed E-state index contributed by atoms with van der Waals surface area (Å²) in [6.07, 6.45) is 4.13. The molecule has 2 N–H and O–H groups in total. The monoisotopic (exact) mass is 458 g/mol. The van der Waals surface area contributed by atoms with Crippen molar-refractivity contribution in [3.63, 3.8) is 0 Å². The zero-order chi connectivity index (χ0) is 22.0. The highest BCUT2D eigenvalue weighted by Gasteiger charge is 2.18. The van der Waals surface area contributed by atoms with Gasteiger partial charge in [-0.25, -0.2) is 4.98 Å². The maximum Gasteiger partial charge on any atom is 0.266 e. The Hall–Kier alpha value is -2.75. The molecule has 0 atom stereocenters. The Bertz CT molecular complexity index is 1200. The van der Waals surface area contributed by atoms with Gasteiger partial charge in [-0.1, -0.05) is 18.2 Å². The maximum absolute atomic E-state index is 12.8. The van der Waals surface area contributed by atoms with Gasteiger partial charge in [-0.2, -0.15) is 4.98 Å². The summed E-state index contributed by atoms with van der Waals surface area (Å²) >= 11 is 7.95. The van der Waals surface area contributed by atoms with Crippen LogP contribution in [0.2, 0.25) is 5.02 Å². The van der Waals surface area contributed by atoms with Crippen LogP contribution in [0, 0.1) is 0 Å². The Kier molecular flexibility index (Phi) is 6.35. The fraction of sp³-hybridized carbons (Fsp3) is 0.286. The molecule has 4 rings (SSSR count). The largest absolute Gasteiger partial charge is 0.383 e. The molecular formula is C21H23ClN6O2S. The van der Waals surface area contributed by atoms with E-state index in [1.807, 2.05) is 18.2 Å². The van der Waals surface area contributed by atoms with Gasteiger partial charge in [0.2, 0.25) is 5.95 Å². The minimum absolute atomic E-state index is 0.0220. The number of nitrogens with one attached hydrogen (secondary N) is 2. The van der Waals surface area contributed by atoms with Crippen molar-refractivity contribution in [3.8, 4) is 0 Å². The lowest BCUT2D eigenvalue weighted by atomic mass is 10.1. The summed E-state index contributed by atoms with van der Waals surface area (Å²) in [4.78, 5) is 24.0. The van der Waals surface area contributed by atoms with E-state index < -0.39 is 0 Å². The van der Waals surface area contributed by atoms with Gasteiger partial charge >= 0.3 is 0 Å². The average Bonchev–Trinajstić information content (AvgIpc) is 3.04. The molecule has 8 nitrogen and oxygen atoms in total. The Labute approximate surface area is 189 Å². The molecule has 3 aromatic rings. The van der Waals surface area contributed by atoms with E-state index in [1.165, 1.54) is 6.20 Å². The Balaban J connectivity index is 1.76. The molecule has 0 amide bonds. The highest BCUT2D eigenvalue weighted by molar-refractivity contribution is 7.99. The molecule has 0 aliphatic carbocycles. The average molecular weight is 459 g/mol. The summed E-state index contributed by atoms with van der Waals surface area (Å²) in [6.45, 7) is 4.87. The SMILES string of the molecule is C=CN(COC)c1ncc(Cl)c(Nc2ccc3c(c2)c2c(c(=O)n3C)SCCCN2)n1. The van der Waals surface area contributed by atoms with Gasteiger partial charge in [0.15, 0.2) is 5.82 Å². The van der Waals surface area contributed by atoms with Crippen LogP contribution in [0.1, 0.15) is 6.42 Å². The van der Waals surface area contributed by atoms with Crippen LogP contribution < -0.4 is 21.1 Å². The summed E-state index contributed by atoms with van der Waals surface area (Å²) in [6, 6.07) is 5.83. The predicted molar refractivity (Wildman–Crippen MR) is 128 cm³/mol. The second-order valence-corrected chi connectivity index (χ2v) is 8.50. The second kappa shape index (κ2) is 9.17. The molecule has 0 bridgehead atoms. The van der Waals surface area contributed by atoms with Crippen molar-refractivity contribution < 1.29 is 4.74 Å². The molecule has 1 aliphatic rings. The first kappa shape index (κ1) is 21.5. The van der Waals surface area contributed by atoms with Gasteiger partial charge in [-0.3, -0.25) is 9.69 Å². The highest BCUT2D eigenvalue weighted by atomic mass is 35.5. The molecule has 2 aromatic heterocycles. The fourth-order valence-electron chi connectivity index (χ4n) is 3.42. The first-order chi connectivity index (χ1) is 15.0. The molecule has 10 heteroatoms. The number of hydrogen-bond donors (Lipinski definition) is 2. The molecule has 0 saturated heterocycles. The van der Waals surface area contributed by atoms with Crippen LogP contribution in [0.15, 0.2) is 46.9 Å². The van der Waals surface area contributed by atoms with Gasteiger partial charge in [-0.05, 0) is 30.4 Å². The number of aromatic nitrogens is 3. The number of rotatable bonds is 6. The molecule has 31 heavy (non-hydrogen) atoms. The van der Waals surface area contributed by atoms with Gasteiger partial charge in [0.25, 0.3) is 5.56 Å². The molecule has 1 aromatic carbocycles. The van der Waals surface area contributed by atoms with Crippen LogP contribution in [0.5, 0.6) is 0 Å².